The Hall–Kier alpha value is -0.350. The van der Waals surface area contributed by atoms with Crippen molar-refractivity contribution in [2.24, 2.45) is 0 Å². The number of rotatable bonds is 6. The molecule has 0 bridgehead atoms. The molecule has 108 valence electrons. The standard InChI is InChI=1S/C16H19BrClNS/c1-3-9-19-14(4-2)16-8-7-15(20-16)12-10-11(18)5-6-13(12)17/h5-8,10,14,19H,3-4,9H2,1-2H3. The summed E-state index contributed by atoms with van der Waals surface area (Å²) >= 11 is 11.5. The van der Waals surface area contributed by atoms with Crippen LogP contribution in [0.3, 0.4) is 0 Å². The molecule has 1 heterocycles. The third kappa shape index (κ3) is 3.85. The first-order valence-corrected chi connectivity index (χ1v) is 8.93. The Balaban J connectivity index is 2.25. The first kappa shape index (κ1) is 16.0. The summed E-state index contributed by atoms with van der Waals surface area (Å²) in [5, 5.41) is 4.37. The molecule has 1 unspecified atom stereocenters. The average molecular weight is 373 g/mol. The van der Waals surface area contributed by atoms with Gasteiger partial charge in [0.25, 0.3) is 0 Å². The molecule has 0 amide bonds. The third-order valence-corrected chi connectivity index (χ3v) is 5.37. The summed E-state index contributed by atoms with van der Waals surface area (Å²) in [4.78, 5) is 2.65. The predicted octanol–water partition coefficient (Wildman–Crippen LogP) is 6.28. The van der Waals surface area contributed by atoms with Gasteiger partial charge >= 0.3 is 0 Å². The molecular formula is C16H19BrClNS. The van der Waals surface area contributed by atoms with Gasteiger partial charge in [-0.15, -0.1) is 11.3 Å². The molecule has 0 aliphatic rings. The van der Waals surface area contributed by atoms with E-state index in [9.17, 15) is 0 Å². The van der Waals surface area contributed by atoms with Gasteiger partial charge in [0, 0.05) is 30.9 Å². The Morgan fingerprint density at radius 3 is 2.75 bits per heavy atom. The Morgan fingerprint density at radius 2 is 2.05 bits per heavy atom. The van der Waals surface area contributed by atoms with Gasteiger partial charge in [-0.05, 0) is 49.7 Å². The molecule has 0 aliphatic carbocycles. The maximum Gasteiger partial charge on any atom is 0.0413 e. The first-order chi connectivity index (χ1) is 9.65. The number of nitrogens with one attached hydrogen (secondary N) is 1. The van der Waals surface area contributed by atoms with Gasteiger partial charge in [-0.1, -0.05) is 41.4 Å². The normalized spacial score (nSPS) is 12.6. The zero-order valence-electron chi connectivity index (χ0n) is 11.7. The number of hydrogen-bond acceptors (Lipinski definition) is 2. The van der Waals surface area contributed by atoms with Crippen LogP contribution in [-0.2, 0) is 0 Å². The molecule has 20 heavy (non-hydrogen) atoms. The van der Waals surface area contributed by atoms with Gasteiger partial charge < -0.3 is 5.32 Å². The van der Waals surface area contributed by atoms with Crippen LogP contribution >= 0.6 is 38.9 Å². The Morgan fingerprint density at radius 1 is 1.25 bits per heavy atom. The van der Waals surface area contributed by atoms with Crippen LogP contribution in [-0.4, -0.2) is 6.54 Å². The van der Waals surface area contributed by atoms with E-state index in [2.05, 4.69) is 47.2 Å². The van der Waals surface area contributed by atoms with E-state index >= 15 is 0 Å². The zero-order chi connectivity index (χ0) is 14.5. The molecular weight excluding hydrogens is 354 g/mol. The summed E-state index contributed by atoms with van der Waals surface area (Å²) in [6.07, 6.45) is 2.27. The number of benzene rings is 1. The monoisotopic (exact) mass is 371 g/mol. The lowest BCUT2D eigenvalue weighted by Gasteiger charge is -2.14. The van der Waals surface area contributed by atoms with Crippen molar-refractivity contribution in [3.05, 3.63) is 44.7 Å². The second-order valence-corrected chi connectivity index (χ2v) is 7.15. The van der Waals surface area contributed by atoms with Crippen molar-refractivity contribution in [3.63, 3.8) is 0 Å². The summed E-state index contributed by atoms with van der Waals surface area (Å²) in [6, 6.07) is 10.8. The number of halogens is 2. The van der Waals surface area contributed by atoms with Gasteiger partial charge in [0.1, 0.15) is 0 Å². The van der Waals surface area contributed by atoms with Crippen LogP contribution in [0.1, 0.15) is 37.6 Å². The van der Waals surface area contributed by atoms with E-state index < -0.39 is 0 Å². The molecule has 0 radical (unpaired) electrons. The van der Waals surface area contributed by atoms with E-state index in [-0.39, 0.29) is 0 Å². The Labute approximate surface area is 138 Å². The highest BCUT2D eigenvalue weighted by Gasteiger charge is 2.13. The van der Waals surface area contributed by atoms with Gasteiger partial charge in [0.05, 0.1) is 0 Å². The molecule has 1 aromatic heterocycles. The van der Waals surface area contributed by atoms with Crippen LogP contribution in [0.2, 0.25) is 5.02 Å². The maximum absolute atomic E-state index is 6.10. The lowest BCUT2D eigenvalue weighted by Crippen LogP contribution is -2.20. The minimum absolute atomic E-state index is 0.451. The quantitative estimate of drug-likeness (QED) is 0.629. The van der Waals surface area contributed by atoms with E-state index in [0.717, 1.165) is 28.9 Å². The van der Waals surface area contributed by atoms with Gasteiger partial charge in [0.2, 0.25) is 0 Å². The molecule has 0 spiro atoms. The van der Waals surface area contributed by atoms with Gasteiger partial charge in [-0.3, -0.25) is 0 Å². The van der Waals surface area contributed by atoms with E-state index in [1.165, 1.54) is 15.3 Å². The summed E-state index contributed by atoms with van der Waals surface area (Å²) in [6.45, 7) is 5.48. The van der Waals surface area contributed by atoms with Crippen LogP contribution in [0.25, 0.3) is 10.4 Å². The summed E-state index contributed by atoms with van der Waals surface area (Å²) < 4.78 is 1.09. The molecule has 1 nitrogen and oxygen atoms in total. The van der Waals surface area contributed by atoms with Crippen LogP contribution in [0.5, 0.6) is 0 Å². The lowest BCUT2D eigenvalue weighted by atomic mass is 10.1. The fourth-order valence-electron chi connectivity index (χ4n) is 2.14. The van der Waals surface area contributed by atoms with Gasteiger partial charge in [0.15, 0.2) is 0 Å². The van der Waals surface area contributed by atoms with Crippen molar-refractivity contribution in [2.45, 2.75) is 32.7 Å². The van der Waals surface area contributed by atoms with Crippen LogP contribution in [0, 0.1) is 0 Å². The third-order valence-electron chi connectivity index (χ3n) is 3.21. The SMILES string of the molecule is CCCNC(CC)c1ccc(-c2cc(Cl)ccc2Br)s1. The minimum Gasteiger partial charge on any atom is -0.309 e. The van der Waals surface area contributed by atoms with Crippen molar-refractivity contribution in [2.75, 3.05) is 6.54 Å². The van der Waals surface area contributed by atoms with Crippen molar-refractivity contribution in [1.82, 2.24) is 5.32 Å². The van der Waals surface area contributed by atoms with E-state index in [0.29, 0.717) is 6.04 Å². The van der Waals surface area contributed by atoms with Gasteiger partial charge in [-0.25, -0.2) is 0 Å². The van der Waals surface area contributed by atoms with Crippen molar-refractivity contribution < 1.29 is 0 Å². The fraction of sp³-hybridized carbons (Fsp3) is 0.375. The molecule has 1 aromatic carbocycles. The molecule has 4 heteroatoms. The smallest absolute Gasteiger partial charge is 0.0413 e. The molecule has 0 saturated carbocycles. The highest BCUT2D eigenvalue weighted by Crippen LogP contribution is 2.37. The van der Waals surface area contributed by atoms with Crippen molar-refractivity contribution in [3.8, 4) is 10.4 Å². The summed E-state index contributed by atoms with van der Waals surface area (Å²) in [5.74, 6) is 0. The molecule has 1 N–H and O–H groups in total. The van der Waals surface area contributed by atoms with E-state index in [1.54, 1.807) is 0 Å². The number of hydrogen-bond donors (Lipinski definition) is 1. The Bertz CT molecular complexity index is 567. The van der Waals surface area contributed by atoms with Crippen LogP contribution in [0.15, 0.2) is 34.8 Å². The van der Waals surface area contributed by atoms with E-state index in [4.69, 9.17) is 11.6 Å². The highest BCUT2D eigenvalue weighted by atomic mass is 79.9. The van der Waals surface area contributed by atoms with Crippen LogP contribution in [0.4, 0.5) is 0 Å². The lowest BCUT2D eigenvalue weighted by molar-refractivity contribution is 0.525. The molecule has 0 fully saturated rings. The zero-order valence-corrected chi connectivity index (χ0v) is 14.9. The Kier molecular flexibility index (Phi) is 6.09. The summed E-state index contributed by atoms with van der Waals surface area (Å²) in [5.41, 5.74) is 1.17. The van der Waals surface area contributed by atoms with Crippen molar-refractivity contribution in [1.29, 1.82) is 0 Å². The van der Waals surface area contributed by atoms with Gasteiger partial charge in [-0.2, -0.15) is 0 Å². The van der Waals surface area contributed by atoms with Crippen LogP contribution < -0.4 is 5.32 Å². The maximum atomic E-state index is 6.10. The molecule has 1 atom stereocenters. The molecule has 0 aliphatic heterocycles. The van der Waals surface area contributed by atoms with Crippen molar-refractivity contribution >= 4 is 38.9 Å². The average Bonchev–Trinajstić information content (AvgIpc) is 2.92. The fourth-order valence-corrected chi connectivity index (χ4v) is 4.10. The largest absolute Gasteiger partial charge is 0.309 e. The minimum atomic E-state index is 0.451. The topological polar surface area (TPSA) is 12.0 Å². The predicted molar refractivity (Wildman–Crippen MR) is 93.8 cm³/mol. The highest BCUT2D eigenvalue weighted by molar-refractivity contribution is 9.10. The second kappa shape index (κ2) is 7.60. The first-order valence-electron chi connectivity index (χ1n) is 6.94. The summed E-state index contributed by atoms with van der Waals surface area (Å²) in [7, 11) is 0. The number of thiophene rings is 1. The molecule has 0 saturated heterocycles. The molecule has 2 aromatic rings. The molecule has 2 rings (SSSR count). The second-order valence-electron chi connectivity index (χ2n) is 4.74. The van der Waals surface area contributed by atoms with E-state index in [1.807, 2.05) is 29.5 Å².